The van der Waals surface area contributed by atoms with Crippen molar-refractivity contribution in [2.24, 2.45) is 0 Å². The summed E-state index contributed by atoms with van der Waals surface area (Å²) in [6, 6.07) is 13.6. The van der Waals surface area contributed by atoms with Gasteiger partial charge >= 0.3 is 0 Å². The molecule has 1 aromatic heterocycles. The predicted octanol–water partition coefficient (Wildman–Crippen LogP) is 4.80. The predicted molar refractivity (Wildman–Crippen MR) is 118 cm³/mol. The zero-order chi connectivity index (χ0) is 20.2. The van der Waals surface area contributed by atoms with Crippen LogP contribution in [0.4, 0.5) is 5.69 Å². The van der Waals surface area contributed by atoms with Crippen LogP contribution in [0.15, 0.2) is 42.5 Å². The lowest BCUT2D eigenvalue weighted by molar-refractivity contribution is -0.116. The third kappa shape index (κ3) is 4.48. The number of amides is 2. The molecule has 1 aliphatic heterocycles. The van der Waals surface area contributed by atoms with E-state index in [1.54, 1.807) is 11.3 Å². The molecule has 4 rings (SSSR count). The molecule has 150 valence electrons. The number of likely N-dealkylation sites (tertiary alicyclic amines) is 1. The SMILES string of the molecule is Cc1c(NC(=O)CCCc2nc3ccccc3s2)cccc1C(=O)N1CCCC1. The summed E-state index contributed by atoms with van der Waals surface area (Å²) in [5, 5.41) is 4.05. The molecule has 3 aromatic rings. The van der Waals surface area contributed by atoms with Crippen LogP contribution in [-0.2, 0) is 11.2 Å². The van der Waals surface area contributed by atoms with Crippen LogP contribution in [0.1, 0.15) is 46.6 Å². The van der Waals surface area contributed by atoms with Gasteiger partial charge in [0, 0.05) is 30.8 Å². The van der Waals surface area contributed by atoms with Crippen LogP contribution >= 0.6 is 11.3 Å². The maximum Gasteiger partial charge on any atom is 0.254 e. The van der Waals surface area contributed by atoms with E-state index in [-0.39, 0.29) is 11.8 Å². The summed E-state index contributed by atoms with van der Waals surface area (Å²) in [7, 11) is 0. The van der Waals surface area contributed by atoms with Gasteiger partial charge in [-0.1, -0.05) is 18.2 Å². The van der Waals surface area contributed by atoms with Crippen LogP contribution in [0.5, 0.6) is 0 Å². The fourth-order valence-electron chi connectivity index (χ4n) is 3.73. The number of aromatic nitrogens is 1. The molecule has 29 heavy (non-hydrogen) atoms. The number of para-hydroxylation sites is 1. The smallest absolute Gasteiger partial charge is 0.254 e. The zero-order valence-corrected chi connectivity index (χ0v) is 17.4. The number of anilines is 1. The van der Waals surface area contributed by atoms with Crippen LogP contribution < -0.4 is 5.32 Å². The van der Waals surface area contributed by atoms with E-state index in [4.69, 9.17) is 0 Å². The molecule has 0 radical (unpaired) electrons. The number of nitrogens with one attached hydrogen (secondary N) is 1. The standard InChI is InChI=1S/C23H25N3O2S/c1-16-17(23(28)26-14-4-5-15-26)8-6-10-18(16)24-21(27)12-7-13-22-25-19-9-2-3-11-20(19)29-22/h2-3,6,8-11H,4-5,7,12-15H2,1H3,(H,24,27). The monoisotopic (exact) mass is 407 g/mol. The van der Waals surface area contributed by atoms with Gasteiger partial charge in [-0.2, -0.15) is 0 Å². The molecule has 0 atom stereocenters. The number of aryl methyl sites for hydroxylation is 1. The van der Waals surface area contributed by atoms with Gasteiger partial charge in [-0.25, -0.2) is 4.98 Å². The highest BCUT2D eigenvalue weighted by Crippen LogP contribution is 2.24. The Bertz CT molecular complexity index is 1000. The Labute approximate surface area is 174 Å². The Kier molecular flexibility index (Phi) is 5.90. The van der Waals surface area contributed by atoms with Crippen molar-refractivity contribution in [1.29, 1.82) is 0 Å². The molecule has 1 N–H and O–H groups in total. The summed E-state index contributed by atoms with van der Waals surface area (Å²) in [6.07, 6.45) is 4.10. The first-order chi connectivity index (χ1) is 14.1. The molecule has 0 aliphatic carbocycles. The van der Waals surface area contributed by atoms with Crippen molar-refractivity contribution < 1.29 is 9.59 Å². The highest BCUT2D eigenvalue weighted by molar-refractivity contribution is 7.18. The van der Waals surface area contributed by atoms with E-state index in [9.17, 15) is 9.59 Å². The highest BCUT2D eigenvalue weighted by Gasteiger charge is 2.22. The Morgan fingerprint density at radius 3 is 2.69 bits per heavy atom. The molecule has 6 heteroatoms. The van der Waals surface area contributed by atoms with Crippen LogP contribution in [-0.4, -0.2) is 34.8 Å². The van der Waals surface area contributed by atoms with Crippen molar-refractivity contribution in [2.75, 3.05) is 18.4 Å². The minimum absolute atomic E-state index is 0.0278. The second-order valence-corrected chi connectivity index (χ2v) is 8.57. The topological polar surface area (TPSA) is 62.3 Å². The molecular formula is C23H25N3O2S. The largest absolute Gasteiger partial charge is 0.339 e. The average Bonchev–Trinajstić information content (AvgIpc) is 3.38. The summed E-state index contributed by atoms with van der Waals surface area (Å²) in [4.78, 5) is 31.7. The third-order valence-corrected chi connectivity index (χ3v) is 6.46. The van der Waals surface area contributed by atoms with Gasteiger partial charge in [0.15, 0.2) is 0 Å². The number of benzene rings is 2. The second-order valence-electron chi connectivity index (χ2n) is 7.45. The molecule has 0 bridgehead atoms. The van der Waals surface area contributed by atoms with Gasteiger partial charge in [0.05, 0.1) is 15.2 Å². The number of rotatable bonds is 6. The van der Waals surface area contributed by atoms with Gasteiger partial charge in [0.25, 0.3) is 5.91 Å². The number of thiazole rings is 1. The van der Waals surface area contributed by atoms with Crippen molar-refractivity contribution in [3.63, 3.8) is 0 Å². The van der Waals surface area contributed by atoms with Gasteiger partial charge in [0.1, 0.15) is 0 Å². The van der Waals surface area contributed by atoms with Crippen molar-refractivity contribution in [3.05, 3.63) is 58.6 Å². The molecule has 1 saturated heterocycles. The number of hydrogen-bond donors (Lipinski definition) is 1. The average molecular weight is 408 g/mol. The van der Waals surface area contributed by atoms with Crippen LogP contribution in [0.25, 0.3) is 10.2 Å². The first-order valence-electron chi connectivity index (χ1n) is 10.1. The van der Waals surface area contributed by atoms with E-state index in [1.165, 1.54) is 4.70 Å². The summed E-state index contributed by atoms with van der Waals surface area (Å²) in [5.74, 6) is 0.0342. The van der Waals surface area contributed by atoms with E-state index in [0.717, 1.165) is 60.5 Å². The fraction of sp³-hybridized carbons (Fsp3) is 0.348. The number of hydrogen-bond acceptors (Lipinski definition) is 4. The summed E-state index contributed by atoms with van der Waals surface area (Å²) in [6.45, 7) is 3.54. The number of carbonyl (C=O) groups excluding carboxylic acids is 2. The number of fused-ring (bicyclic) bond motifs is 1. The molecule has 1 aliphatic rings. The molecule has 0 spiro atoms. The number of nitrogens with zero attached hydrogens (tertiary/aromatic N) is 2. The van der Waals surface area contributed by atoms with E-state index in [1.807, 2.05) is 48.2 Å². The maximum absolute atomic E-state index is 12.7. The van der Waals surface area contributed by atoms with Crippen LogP contribution in [0.3, 0.4) is 0 Å². The van der Waals surface area contributed by atoms with Crippen molar-refractivity contribution >= 4 is 39.1 Å². The van der Waals surface area contributed by atoms with Gasteiger partial charge in [-0.05, 0) is 62.4 Å². The normalized spacial score (nSPS) is 13.8. The summed E-state index contributed by atoms with van der Waals surface area (Å²) >= 11 is 1.69. The van der Waals surface area contributed by atoms with Crippen molar-refractivity contribution in [3.8, 4) is 0 Å². The molecule has 2 aromatic carbocycles. The Morgan fingerprint density at radius 2 is 1.90 bits per heavy atom. The van der Waals surface area contributed by atoms with Gasteiger partial charge in [-0.15, -0.1) is 11.3 Å². The fourth-order valence-corrected chi connectivity index (χ4v) is 4.74. The van der Waals surface area contributed by atoms with Gasteiger partial charge in [-0.3, -0.25) is 9.59 Å². The van der Waals surface area contributed by atoms with Crippen molar-refractivity contribution in [2.45, 2.75) is 39.0 Å². The molecule has 5 nitrogen and oxygen atoms in total. The molecule has 2 amide bonds. The maximum atomic E-state index is 12.7. The Hall–Kier alpha value is -2.73. The number of carbonyl (C=O) groups is 2. The van der Waals surface area contributed by atoms with Crippen LogP contribution in [0.2, 0.25) is 0 Å². The van der Waals surface area contributed by atoms with E-state index >= 15 is 0 Å². The van der Waals surface area contributed by atoms with Crippen molar-refractivity contribution in [1.82, 2.24) is 9.88 Å². The van der Waals surface area contributed by atoms with Crippen LogP contribution in [0, 0.1) is 6.92 Å². The first-order valence-corrected chi connectivity index (χ1v) is 11.0. The second kappa shape index (κ2) is 8.74. The molecular weight excluding hydrogens is 382 g/mol. The lowest BCUT2D eigenvalue weighted by atomic mass is 10.1. The Morgan fingerprint density at radius 1 is 1.10 bits per heavy atom. The highest BCUT2D eigenvalue weighted by atomic mass is 32.1. The lowest BCUT2D eigenvalue weighted by Gasteiger charge is -2.18. The molecule has 0 saturated carbocycles. The quantitative estimate of drug-likeness (QED) is 0.638. The minimum atomic E-state index is -0.0278. The molecule has 2 heterocycles. The van der Waals surface area contributed by atoms with E-state index in [0.29, 0.717) is 12.0 Å². The minimum Gasteiger partial charge on any atom is -0.339 e. The van der Waals surface area contributed by atoms with Gasteiger partial charge < -0.3 is 10.2 Å². The first kappa shape index (κ1) is 19.6. The Balaban J connectivity index is 1.34. The van der Waals surface area contributed by atoms with Gasteiger partial charge in [0.2, 0.25) is 5.91 Å². The van der Waals surface area contributed by atoms with E-state index < -0.39 is 0 Å². The molecule has 0 unspecified atom stereocenters. The summed E-state index contributed by atoms with van der Waals surface area (Å²) < 4.78 is 1.18. The summed E-state index contributed by atoms with van der Waals surface area (Å²) in [5.41, 5.74) is 3.26. The molecule has 1 fully saturated rings. The third-order valence-electron chi connectivity index (χ3n) is 5.36. The van der Waals surface area contributed by atoms with E-state index in [2.05, 4.69) is 16.4 Å². The zero-order valence-electron chi connectivity index (χ0n) is 16.6. The lowest BCUT2D eigenvalue weighted by Crippen LogP contribution is -2.28.